The minimum absolute atomic E-state index is 0.265. The van der Waals surface area contributed by atoms with Crippen molar-refractivity contribution in [3.05, 3.63) is 77.2 Å². The van der Waals surface area contributed by atoms with Gasteiger partial charge in [-0.25, -0.2) is 4.39 Å². The lowest BCUT2D eigenvalue weighted by Crippen LogP contribution is -2.22. The van der Waals surface area contributed by atoms with Crippen LogP contribution < -0.4 is 10.9 Å². The van der Waals surface area contributed by atoms with Crippen LogP contribution >= 0.6 is 0 Å². The van der Waals surface area contributed by atoms with Crippen LogP contribution in [-0.4, -0.2) is 5.71 Å². The molecule has 22 heavy (non-hydrogen) atoms. The zero-order valence-electron chi connectivity index (χ0n) is 12.8. The monoisotopic (exact) mass is 297 g/mol. The second-order valence-electron chi connectivity index (χ2n) is 5.15. The number of allylic oxidation sites excluding steroid dienone is 2. The first-order chi connectivity index (χ1) is 10.6. The number of hydrogen-bond donors (Lipinski definition) is 3. The minimum Gasteiger partial charge on any atom is -0.305 e. The van der Waals surface area contributed by atoms with Gasteiger partial charge in [0.05, 0.1) is 5.69 Å². The molecule has 0 aliphatic carbocycles. The number of rotatable bonds is 6. The molecule has 0 bridgehead atoms. The second-order valence-corrected chi connectivity index (χ2v) is 5.15. The number of hydrazine groups is 1. The molecule has 2 aromatic carbocycles. The molecule has 0 radical (unpaired) electrons. The van der Waals surface area contributed by atoms with Gasteiger partial charge in [0.15, 0.2) is 0 Å². The van der Waals surface area contributed by atoms with Crippen LogP contribution in [0.1, 0.15) is 19.4 Å². The molecule has 0 unspecified atom stereocenters. The molecule has 0 saturated carbocycles. The smallest absolute Gasteiger partial charge is 0.123 e. The maximum atomic E-state index is 12.8. The molecule has 0 heterocycles. The van der Waals surface area contributed by atoms with Gasteiger partial charge < -0.3 is 16.3 Å². The third-order valence-corrected chi connectivity index (χ3v) is 3.48. The van der Waals surface area contributed by atoms with Gasteiger partial charge in [0, 0.05) is 17.8 Å². The van der Waals surface area contributed by atoms with E-state index in [4.69, 9.17) is 5.41 Å². The molecular formula is C18H20FN3. The second kappa shape index (κ2) is 7.41. The summed E-state index contributed by atoms with van der Waals surface area (Å²) in [6.45, 7) is 3.82. The van der Waals surface area contributed by atoms with E-state index >= 15 is 0 Å². The molecule has 114 valence electrons. The van der Waals surface area contributed by atoms with Crippen molar-refractivity contribution < 1.29 is 4.39 Å². The lowest BCUT2D eigenvalue weighted by molar-refractivity contribution is 0.628. The van der Waals surface area contributed by atoms with Gasteiger partial charge in [-0.05, 0) is 49.2 Å². The molecule has 3 N–H and O–H groups in total. The van der Waals surface area contributed by atoms with Gasteiger partial charge in [-0.15, -0.1) is 0 Å². The van der Waals surface area contributed by atoms with Crippen molar-refractivity contribution in [1.29, 1.82) is 5.41 Å². The Bertz CT molecular complexity index is 660. The van der Waals surface area contributed by atoms with Crippen molar-refractivity contribution in [2.75, 3.05) is 5.43 Å². The maximum absolute atomic E-state index is 12.8. The van der Waals surface area contributed by atoms with E-state index in [1.54, 1.807) is 12.1 Å². The Balaban J connectivity index is 1.96. The molecule has 0 aliphatic heterocycles. The molecule has 2 rings (SSSR count). The summed E-state index contributed by atoms with van der Waals surface area (Å²) in [7, 11) is 0. The van der Waals surface area contributed by atoms with Crippen molar-refractivity contribution in [3.8, 4) is 0 Å². The molecule has 0 amide bonds. The summed E-state index contributed by atoms with van der Waals surface area (Å²) in [6, 6.07) is 16.0. The zero-order chi connectivity index (χ0) is 15.9. The standard InChI is InChI=1S/C18H20FN3/c1-13(18(20)12-15-6-4-3-5-7-15)14(2)21-22-17-10-8-16(19)9-11-17/h3-11,20-22H,12H2,1-2H3. The quantitative estimate of drug-likeness (QED) is 0.550. The van der Waals surface area contributed by atoms with E-state index in [2.05, 4.69) is 10.9 Å². The van der Waals surface area contributed by atoms with E-state index in [-0.39, 0.29) is 5.82 Å². The van der Waals surface area contributed by atoms with Crippen molar-refractivity contribution >= 4 is 11.4 Å². The van der Waals surface area contributed by atoms with Gasteiger partial charge in [-0.2, -0.15) is 0 Å². The van der Waals surface area contributed by atoms with Gasteiger partial charge in [0.1, 0.15) is 5.82 Å². The van der Waals surface area contributed by atoms with E-state index in [1.807, 2.05) is 44.2 Å². The summed E-state index contributed by atoms with van der Waals surface area (Å²) in [6.07, 6.45) is 0.599. The fourth-order valence-electron chi connectivity index (χ4n) is 1.95. The van der Waals surface area contributed by atoms with Crippen molar-refractivity contribution in [2.45, 2.75) is 20.3 Å². The van der Waals surface area contributed by atoms with Crippen LogP contribution in [0.5, 0.6) is 0 Å². The number of anilines is 1. The lowest BCUT2D eigenvalue weighted by atomic mass is 10.0. The average Bonchev–Trinajstić information content (AvgIpc) is 2.54. The van der Waals surface area contributed by atoms with E-state index in [1.165, 1.54) is 12.1 Å². The predicted octanol–water partition coefficient (Wildman–Crippen LogP) is 4.30. The summed E-state index contributed by atoms with van der Waals surface area (Å²) < 4.78 is 12.8. The first-order valence-electron chi connectivity index (χ1n) is 7.13. The number of benzene rings is 2. The molecule has 0 spiro atoms. The summed E-state index contributed by atoms with van der Waals surface area (Å²) in [5, 5.41) is 8.20. The zero-order valence-corrected chi connectivity index (χ0v) is 12.8. The molecule has 3 nitrogen and oxygen atoms in total. The number of nitrogens with one attached hydrogen (secondary N) is 3. The van der Waals surface area contributed by atoms with E-state index in [0.29, 0.717) is 12.1 Å². The molecule has 0 aromatic heterocycles. The highest BCUT2D eigenvalue weighted by Gasteiger charge is 2.05. The molecular weight excluding hydrogens is 277 g/mol. The highest BCUT2D eigenvalue weighted by Crippen LogP contribution is 2.10. The van der Waals surface area contributed by atoms with Crippen molar-refractivity contribution in [2.24, 2.45) is 0 Å². The number of halogens is 1. The minimum atomic E-state index is -0.265. The topological polar surface area (TPSA) is 47.9 Å². The highest BCUT2D eigenvalue weighted by molar-refractivity contribution is 5.99. The Morgan fingerprint density at radius 3 is 2.27 bits per heavy atom. The summed E-state index contributed by atoms with van der Waals surface area (Å²) >= 11 is 0. The van der Waals surface area contributed by atoms with Gasteiger partial charge in [0.25, 0.3) is 0 Å². The fourth-order valence-corrected chi connectivity index (χ4v) is 1.95. The Kier molecular flexibility index (Phi) is 5.31. The average molecular weight is 297 g/mol. The fraction of sp³-hybridized carbons (Fsp3) is 0.167. The molecule has 4 heteroatoms. The van der Waals surface area contributed by atoms with Crippen LogP contribution in [0, 0.1) is 11.2 Å². The molecule has 0 fully saturated rings. The Morgan fingerprint density at radius 1 is 1.00 bits per heavy atom. The third kappa shape index (κ3) is 4.45. The van der Waals surface area contributed by atoms with Crippen LogP contribution in [0.25, 0.3) is 0 Å². The van der Waals surface area contributed by atoms with Crippen LogP contribution in [0.15, 0.2) is 65.9 Å². The lowest BCUT2D eigenvalue weighted by Gasteiger charge is -2.14. The van der Waals surface area contributed by atoms with Crippen LogP contribution in [0.4, 0.5) is 10.1 Å². The summed E-state index contributed by atoms with van der Waals surface area (Å²) in [4.78, 5) is 0. The van der Waals surface area contributed by atoms with Gasteiger partial charge in [-0.3, -0.25) is 0 Å². The number of hydrogen-bond acceptors (Lipinski definition) is 3. The van der Waals surface area contributed by atoms with E-state index in [0.717, 1.165) is 22.5 Å². The van der Waals surface area contributed by atoms with Crippen LogP contribution in [0.2, 0.25) is 0 Å². The van der Waals surface area contributed by atoms with Crippen LogP contribution in [0.3, 0.4) is 0 Å². The first kappa shape index (κ1) is 15.8. The maximum Gasteiger partial charge on any atom is 0.123 e. The van der Waals surface area contributed by atoms with Gasteiger partial charge in [-0.1, -0.05) is 30.3 Å². The third-order valence-electron chi connectivity index (χ3n) is 3.48. The van der Waals surface area contributed by atoms with Gasteiger partial charge >= 0.3 is 0 Å². The Labute approximate surface area is 130 Å². The largest absolute Gasteiger partial charge is 0.305 e. The Morgan fingerprint density at radius 2 is 1.64 bits per heavy atom. The normalized spacial score (nSPS) is 11.6. The van der Waals surface area contributed by atoms with E-state index < -0.39 is 0 Å². The first-order valence-corrected chi connectivity index (χ1v) is 7.13. The van der Waals surface area contributed by atoms with E-state index in [9.17, 15) is 4.39 Å². The molecule has 2 aromatic rings. The van der Waals surface area contributed by atoms with Crippen molar-refractivity contribution in [1.82, 2.24) is 5.43 Å². The SMILES string of the molecule is CC(NNc1ccc(F)cc1)=C(C)C(=N)Cc1ccccc1. The van der Waals surface area contributed by atoms with Crippen molar-refractivity contribution in [3.63, 3.8) is 0 Å². The molecule has 0 saturated heterocycles. The molecule has 0 atom stereocenters. The van der Waals surface area contributed by atoms with Crippen LogP contribution in [-0.2, 0) is 6.42 Å². The van der Waals surface area contributed by atoms with Gasteiger partial charge in [0.2, 0.25) is 0 Å². The predicted molar refractivity (Wildman–Crippen MR) is 89.4 cm³/mol. The highest BCUT2D eigenvalue weighted by atomic mass is 19.1. The Hall–Kier alpha value is -2.62. The molecule has 0 aliphatic rings. The summed E-state index contributed by atoms with van der Waals surface area (Å²) in [5.74, 6) is -0.265. The summed E-state index contributed by atoms with van der Waals surface area (Å²) in [5.41, 5.74) is 10.3.